The van der Waals surface area contributed by atoms with Gasteiger partial charge in [0.05, 0.1) is 4.90 Å². The van der Waals surface area contributed by atoms with E-state index in [2.05, 4.69) is 16.2 Å². The van der Waals surface area contributed by atoms with E-state index in [1.54, 1.807) is 0 Å². The topological polar surface area (TPSA) is 125 Å². The van der Waals surface area contributed by atoms with Gasteiger partial charge in [-0.3, -0.25) is 25.2 Å². The number of carbonyl (C=O) groups is 3. The first-order valence-electron chi connectivity index (χ1n) is 9.06. The zero-order chi connectivity index (χ0) is 20.9. The number of rotatable bonds is 6. The summed E-state index contributed by atoms with van der Waals surface area (Å²) in [5.74, 6) is -1.46. The molecule has 1 aromatic rings. The van der Waals surface area contributed by atoms with Gasteiger partial charge in [-0.05, 0) is 38.0 Å². The predicted molar refractivity (Wildman–Crippen MR) is 102 cm³/mol. The molecule has 0 unspecified atom stereocenters. The lowest BCUT2D eigenvalue weighted by Gasteiger charge is -2.17. The quantitative estimate of drug-likeness (QED) is 0.585. The minimum absolute atomic E-state index is 0.0336. The molecule has 1 fully saturated rings. The summed E-state index contributed by atoms with van der Waals surface area (Å²) in [5, 5.41) is 2.64. The van der Waals surface area contributed by atoms with Crippen LogP contribution in [0.25, 0.3) is 0 Å². The number of hydrogen-bond donors (Lipinski definition) is 3. The Morgan fingerprint density at radius 1 is 1.11 bits per heavy atom. The molecule has 1 atom stereocenters. The van der Waals surface area contributed by atoms with E-state index in [9.17, 15) is 22.8 Å². The van der Waals surface area contributed by atoms with Crippen molar-refractivity contribution in [2.75, 3.05) is 14.1 Å². The second-order valence-corrected chi connectivity index (χ2v) is 9.12. The van der Waals surface area contributed by atoms with E-state index in [4.69, 9.17) is 0 Å². The van der Waals surface area contributed by atoms with E-state index in [0.717, 1.165) is 30.0 Å². The Kier molecular flexibility index (Phi) is 7.14. The zero-order valence-electron chi connectivity index (χ0n) is 16.2. The predicted octanol–water partition coefficient (Wildman–Crippen LogP) is 0.393. The molecular weight excluding hydrogens is 384 g/mol. The van der Waals surface area contributed by atoms with Crippen molar-refractivity contribution < 1.29 is 22.8 Å². The highest BCUT2D eigenvalue weighted by atomic mass is 32.2. The van der Waals surface area contributed by atoms with Crippen molar-refractivity contribution in [2.24, 2.45) is 5.92 Å². The number of nitrogens with one attached hydrogen (secondary N) is 3. The average molecular weight is 410 g/mol. The molecule has 28 heavy (non-hydrogen) atoms. The molecule has 3 amide bonds. The summed E-state index contributed by atoms with van der Waals surface area (Å²) in [6.07, 6.45) is 3.67. The average Bonchev–Trinajstić information content (AvgIpc) is 3.20. The maximum atomic E-state index is 12.2. The van der Waals surface area contributed by atoms with Gasteiger partial charge in [0.15, 0.2) is 0 Å². The van der Waals surface area contributed by atoms with Gasteiger partial charge in [0.2, 0.25) is 15.9 Å². The number of nitrogens with zero attached hydrogens (tertiary/aromatic N) is 1. The van der Waals surface area contributed by atoms with Gasteiger partial charge in [0, 0.05) is 25.6 Å². The maximum absolute atomic E-state index is 12.2. The minimum atomic E-state index is -3.68. The Labute approximate surface area is 164 Å². The summed E-state index contributed by atoms with van der Waals surface area (Å²) < 4.78 is 25.4. The Bertz CT molecular complexity index is 847. The fraction of sp³-hybridized carbons (Fsp3) is 0.500. The number of amides is 3. The molecule has 0 saturated heterocycles. The summed E-state index contributed by atoms with van der Waals surface area (Å²) in [4.78, 5) is 36.4. The number of hydrogen-bond acceptors (Lipinski definition) is 5. The molecule has 0 bridgehead atoms. The van der Waals surface area contributed by atoms with Crippen LogP contribution in [0.15, 0.2) is 29.2 Å². The monoisotopic (exact) mass is 410 g/mol. The summed E-state index contributed by atoms with van der Waals surface area (Å²) >= 11 is 0. The largest absolute Gasteiger partial charge is 0.344 e. The molecule has 1 aromatic carbocycles. The van der Waals surface area contributed by atoms with Crippen LogP contribution in [-0.4, -0.2) is 50.6 Å². The van der Waals surface area contributed by atoms with Gasteiger partial charge >= 0.3 is 0 Å². The lowest BCUT2D eigenvalue weighted by molar-refractivity contribution is -0.131. The molecule has 0 spiro atoms. The molecular formula is C18H26N4O5S. The number of carbonyl (C=O) groups excluding carboxylic acids is 3. The molecule has 1 aliphatic rings. The van der Waals surface area contributed by atoms with Crippen molar-refractivity contribution in [2.45, 2.75) is 43.5 Å². The smallest absolute Gasteiger partial charge is 0.269 e. The van der Waals surface area contributed by atoms with Crippen molar-refractivity contribution in [1.29, 1.82) is 0 Å². The lowest BCUT2D eigenvalue weighted by Crippen LogP contribution is -2.51. The molecule has 1 aliphatic carbocycles. The molecule has 0 aliphatic heterocycles. The summed E-state index contributed by atoms with van der Waals surface area (Å²) in [5.41, 5.74) is 4.55. The summed E-state index contributed by atoms with van der Waals surface area (Å²) in [7, 11) is -0.896. The van der Waals surface area contributed by atoms with Gasteiger partial charge in [-0.15, -0.1) is 0 Å². The molecule has 0 radical (unpaired) electrons. The van der Waals surface area contributed by atoms with Gasteiger partial charge in [-0.1, -0.05) is 18.9 Å². The van der Waals surface area contributed by atoms with E-state index >= 15 is 0 Å². The van der Waals surface area contributed by atoms with Crippen LogP contribution in [0.3, 0.4) is 0 Å². The van der Waals surface area contributed by atoms with Gasteiger partial charge in [0.25, 0.3) is 11.8 Å². The van der Waals surface area contributed by atoms with Crippen LogP contribution in [0.2, 0.25) is 0 Å². The second kappa shape index (κ2) is 9.16. The first kappa shape index (κ1) is 21.8. The van der Waals surface area contributed by atoms with Crippen LogP contribution in [0.4, 0.5) is 0 Å². The fourth-order valence-corrected chi connectivity index (χ4v) is 3.84. The van der Waals surface area contributed by atoms with E-state index in [0.29, 0.717) is 0 Å². The van der Waals surface area contributed by atoms with Gasteiger partial charge < -0.3 is 5.32 Å². The second-order valence-electron chi connectivity index (χ2n) is 6.97. The van der Waals surface area contributed by atoms with Gasteiger partial charge in [-0.25, -0.2) is 12.7 Å². The van der Waals surface area contributed by atoms with E-state index in [1.807, 2.05) is 0 Å². The maximum Gasteiger partial charge on any atom is 0.269 e. The molecule has 3 N–H and O–H groups in total. The Balaban J connectivity index is 1.92. The molecule has 154 valence electrons. The van der Waals surface area contributed by atoms with Gasteiger partial charge in [0.1, 0.15) is 6.04 Å². The van der Waals surface area contributed by atoms with Crippen molar-refractivity contribution in [3.8, 4) is 0 Å². The minimum Gasteiger partial charge on any atom is -0.344 e. The first-order valence-corrected chi connectivity index (χ1v) is 10.5. The Morgan fingerprint density at radius 3 is 2.36 bits per heavy atom. The highest BCUT2D eigenvalue weighted by Crippen LogP contribution is 2.24. The third-order valence-corrected chi connectivity index (χ3v) is 6.46. The van der Waals surface area contributed by atoms with E-state index in [-0.39, 0.29) is 22.3 Å². The van der Waals surface area contributed by atoms with Crippen LogP contribution >= 0.6 is 0 Å². The third kappa shape index (κ3) is 5.29. The summed E-state index contributed by atoms with van der Waals surface area (Å²) in [6, 6.07) is 4.67. The number of hydrazine groups is 1. The van der Waals surface area contributed by atoms with Gasteiger partial charge in [-0.2, -0.15) is 0 Å². The van der Waals surface area contributed by atoms with E-state index < -0.39 is 27.9 Å². The molecule has 1 saturated carbocycles. The van der Waals surface area contributed by atoms with Crippen LogP contribution in [-0.2, 0) is 19.6 Å². The molecule has 9 nitrogen and oxygen atoms in total. The normalized spacial score (nSPS) is 15.9. The van der Waals surface area contributed by atoms with Crippen molar-refractivity contribution in [3.05, 3.63) is 29.8 Å². The molecule has 2 rings (SSSR count). The Morgan fingerprint density at radius 2 is 1.75 bits per heavy atom. The SMILES string of the molecule is C[C@H](NC(=O)C1CCCC1)C(=O)NNC(=O)c1cccc(S(=O)(=O)N(C)C)c1. The highest BCUT2D eigenvalue weighted by molar-refractivity contribution is 7.89. The first-order chi connectivity index (χ1) is 13.1. The van der Waals surface area contributed by atoms with Crippen LogP contribution in [0, 0.1) is 5.92 Å². The highest BCUT2D eigenvalue weighted by Gasteiger charge is 2.25. The molecule has 0 aromatic heterocycles. The van der Waals surface area contributed by atoms with Crippen molar-refractivity contribution in [3.63, 3.8) is 0 Å². The van der Waals surface area contributed by atoms with Crippen LogP contribution in [0.5, 0.6) is 0 Å². The molecule has 10 heteroatoms. The fourth-order valence-electron chi connectivity index (χ4n) is 2.89. The third-order valence-electron chi connectivity index (χ3n) is 4.65. The van der Waals surface area contributed by atoms with Crippen LogP contribution in [0.1, 0.15) is 43.0 Å². The Hall–Kier alpha value is -2.46. The van der Waals surface area contributed by atoms with Crippen molar-refractivity contribution >= 4 is 27.7 Å². The zero-order valence-corrected chi connectivity index (χ0v) is 17.0. The lowest BCUT2D eigenvalue weighted by atomic mass is 10.1. The molecule has 0 heterocycles. The summed E-state index contributed by atoms with van der Waals surface area (Å²) in [6.45, 7) is 1.53. The standard InChI is InChI=1S/C18H26N4O5S/c1-12(19-17(24)13-7-4-5-8-13)16(23)20-21-18(25)14-9-6-10-15(11-14)28(26,27)22(2)3/h6,9-13H,4-5,7-8H2,1-3H3,(H,19,24)(H,20,23)(H,21,25)/t12-/m0/s1. The van der Waals surface area contributed by atoms with Crippen LogP contribution < -0.4 is 16.2 Å². The number of sulfonamides is 1. The van der Waals surface area contributed by atoms with Crippen molar-refractivity contribution in [1.82, 2.24) is 20.5 Å². The van der Waals surface area contributed by atoms with E-state index in [1.165, 1.54) is 45.3 Å². The number of benzene rings is 1.